The molecule has 0 aliphatic carbocycles. The van der Waals surface area contributed by atoms with Crippen LogP contribution in [0.3, 0.4) is 0 Å². The van der Waals surface area contributed by atoms with Gasteiger partial charge in [0.15, 0.2) is 5.96 Å². The number of hydrogen-bond donors (Lipinski definition) is 2. The fourth-order valence-electron chi connectivity index (χ4n) is 2.95. The van der Waals surface area contributed by atoms with Gasteiger partial charge in [-0.15, -0.1) is 0 Å². The van der Waals surface area contributed by atoms with Crippen LogP contribution in [0.4, 0.5) is 0 Å². The zero-order valence-corrected chi connectivity index (χ0v) is 16.8. The molecular formula is C20H32N4O3. The van der Waals surface area contributed by atoms with Crippen molar-refractivity contribution in [3.8, 4) is 11.5 Å². The fourth-order valence-corrected chi connectivity index (χ4v) is 2.95. The van der Waals surface area contributed by atoms with E-state index >= 15 is 0 Å². The van der Waals surface area contributed by atoms with Gasteiger partial charge in [0.05, 0.1) is 13.7 Å². The summed E-state index contributed by atoms with van der Waals surface area (Å²) in [4.78, 5) is 18.6. The number of rotatable bonds is 8. The standard InChI is InChI=1S/C20H32N4O3/c1-5-21-20(23-16-10-12-24(14-16)19(25)15(2)3)22-11-13-27-18-8-6-17(26-4)7-9-18/h6-9,15-16H,5,10-14H2,1-4H3,(H2,21,22,23). The average molecular weight is 377 g/mol. The molecule has 1 aliphatic heterocycles. The topological polar surface area (TPSA) is 75.2 Å². The number of carbonyl (C=O) groups is 1. The minimum atomic E-state index is 0.0424. The van der Waals surface area contributed by atoms with E-state index in [-0.39, 0.29) is 17.9 Å². The van der Waals surface area contributed by atoms with Crippen LogP contribution in [0.5, 0.6) is 11.5 Å². The number of nitrogens with zero attached hydrogens (tertiary/aromatic N) is 2. The number of nitrogens with one attached hydrogen (secondary N) is 2. The van der Waals surface area contributed by atoms with Crippen LogP contribution in [-0.2, 0) is 4.79 Å². The van der Waals surface area contributed by atoms with Crippen molar-refractivity contribution in [1.82, 2.24) is 15.5 Å². The zero-order chi connectivity index (χ0) is 19.6. The SMILES string of the molecule is CCNC(=NCCOc1ccc(OC)cc1)NC1CCN(C(=O)C(C)C)C1. The fraction of sp³-hybridized carbons (Fsp3) is 0.600. The number of amides is 1. The number of benzene rings is 1. The molecule has 1 saturated heterocycles. The lowest BCUT2D eigenvalue weighted by Gasteiger charge is -2.20. The van der Waals surface area contributed by atoms with E-state index in [0.29, 0.717) is 13.2 Å². The number of hydrogen-bond acceptors (Lipinski definition) is 4. The van der Waals surface area contributed by atoms with Gasteiger partial charge in [-0.1, -0.05) is 13.8 Å². The molecule has 0 aromatic heterocycles. The minimum absolute atomic E-state index is 0.0424. The summed E-state index contributed by atoms with van der Waals surface area (Å²) in [6.07, 6.45) is 0.936. The molecule has 1 aromatic rings. The molecule has 2 N–H and O–H groups in total. The molecule has 0 bridgehead atoms. The predicted molar refractivity (Wildman–Crippen MR) is 107 cm³/mol. The van der Waals surface area contributed by atoms with E-state index in [4.69, 9.17) is 9.47 Å². The maximum Gasteiger partial charge on any atom is 0.225 e. The molecule has 0 saturated carbocycles. The molecular weight excluding hydrogens is 344 g/mol. The zero-order valence-electron chi connectivity index (χ0n) is 16.8. The molecule has 1 aliphatic rings. The molecule has 1 heterocycles. The van der Waals surface area contributed by atoms with Crippen LogP contribution in [0.1, 0.15) is 27.2 Å². The number of carbonyl (C=O) groups excluding carboxylic acids is 1. The van der Waals surface area contributed by atoms with Crippen LogP contribution in [-0.4, -0.2) is 62.7 Å². The Labute approximate surface area is 162 Å². The van der Waals surface area contributed by atoms with Crippen molar-refractivity contribution >= 4 is 11.9 Å². The van der Waals surface area contributed by atoms with E-state index in [1.165, 1.54) is 0 Å². The lowest BCUT2D eigenvalue weighted by Crippen LogP contribution is -2.45. The first kappa shape index (κ1) is 20.9. The highest BCUT2D eigenvalue weighted by atomic mass is 16.5. The van der Waals surface area contributed by atoms with Crippen molar-refractivity contribution in [1.29, 1.82) is 0 Å². The first-order valence-corrected chi connectivity index (χ1v) is 9.64. The second kappa shape index (κ2) is 10.6. The molecule has 1 aromatic carbocycles. The summed E-state index contributed by atoms with van der Waals surface area (Å²) in [5, 5.41) is 6.68. The smallest absolute Gasteiger partial charge is 0.225 e. The largest absolute Gasteiger partial charge is 0.497 e. The van der Waals surface area contributed by atoms with E-state index in [9.17, 15) is 4.79 Å². The van der Waals surface area contributed by atoms with Gasteiger partial charge < -0.3 is 25.0 Å². The van der Waals surface area contributed by atoms with Gasteiger partial charge in [0.1, 0.15) is 18.1 Å². The van der Waals surface area contributed by atoms with Gasteiger partial charge >= 0.3 is 0 Å². The van der Waals surface area contributed by atoms with Gasteiger partial charge in [-0.25, -0.2) is 4.99 Å². The Morgan fingerprint density at radius 3 is 2.63 bits per heavy atom. The van der Waals surface area contributed by atoms with Crippen molar-refractivity contribution < 1.29 is 14.3 Å². The summed E-state index contributed by atoms with van der Waals surface area (Å²) < 4.78 is 10.8. The molecule has 2 rings (SSSR count). The van der Waals surface area contributed by atoms with E-state index in [0.717, 1.165) is 43.5 Å². The first-order valence-electron chi connectivity index (χ1n) is 9.64. The Hall–Kier alpha value is -2.44. The lowest BCUT2D eigenvalue weighted by atomic mass is 10.2. The second-order valence-electron chi connectivity index (χ2n) is 6.85. The maximum absolute atomic E-state index is 12.1. The highest BCUT2D eigenvalue weighted by Crippen LogP contribution is 2.16. The Balaban J connectivity index is 1.79. The molecule has 1 amide bonds. The number of likely N-dealkylation sites (tertiary alicyclic amines) is 1. The van der Waals surface area contributed by atoms with Crippen molar-refractivity contribution in [3.05, 3.63) is 24.3 Å². The maximum atomic E-state index is 12.1. The molecule has 7 heteroatoms. The molecule has 7 nitrogen and oxygen atoms in total. The highest BCUT2D eigenvalue weighted by molar-refractivity contribution is 5.81. The van der Waals surface area contributed by atoms with Crippen LogP contribution >= 0.6 is 0 Å². The van der Waals surface area contributed by atoms with Crippen molar-refractivity contribution in [2.24, 2.45) is 10.9 Å². The molecule has 0 radical (unpaired) electrons. The number of guanidine groups is 1. The van der Waals surface area contributed by atoms with Crippen molar-refractivity contribution in [3.63, 3.8) is 0 Å². The van der Waals surface area contributed by atoms with Gasteiger partial charge in [-0.3, -0.25) is 4.79 Å². The average Bonchev–Trinajstić information content (AvgIpc) is 3.13. The molecule has 1 fully saturated rings. The van der Waals surface area contributed by atoms with Gasteiger partial charge in [-0.2, -0.15) is 0 Å². The Morgan fingerprint density at radius 2 is 2.00 bits per heavy atom. The number of aliphatic imine (C=N–C) groups is 1. The van der Waals surface area contributed by atoms with E-state index in [1.807, 2.05) is 49.9 Å². The summed E-state index contributed by atoms with van der Waals surface area (Å²) in [5.41, 5.74) is 0. The van der Waals surface area contributed by atoms with E-state index in [1.54, 1.807) is 7.11 Å². The first-order chi connectivity index (χ1) is 13.0. The van der Waals surface area contributed by atoms with E-state index in [2.05, 4.69) is 15.6 Å². The quantitative estimate of drug-likeness (QED) is 0.412. The van der Waals surface area contributed by atoms with Gasteiger partial charge in [-0.05, 0) is 37.6 Å². The summed E-state index contributed by atoms with van der Waals surface area (Å²) in [6, 6.07) is 7.73. The Bertz CT molecular complexity index is 616. The van der Waals surface area contributed by atoms with Crippen molar-refractivity contribution in [2.75, 3.05) is 39.9 Å². The Morgan fingerprint density at radius 1 is 1.30 bits per heavy atom. The lowest BCUT2D eigenvalue weighted by molar-refractivity contribution is -0.133. The van der Waals surface area contributed by atoms with Gasteiger partial charge in [0.25, 0.3) is 0 Å². The second-order valence-corrected chi connectivity index (χ2v) is 6.85. The normalized spacial score (nSPS) is 17.1. The highest BCUT2D eigenvalue weighted by Gasteiger charge is 2.27. The van der Waals surface area contributed by atoms with Crippen LogP contribution in [0.15, 0.2) is 29.3 Å². The van der Waals surface area contributed by atoms with Crippen LogP contribution in [0.25, 0.3) is 0 Å². The molecule has 1 atom stereocenters. The van der Waals surface area contributed by atoms with Crippen LogP contribution in [0.2, 0.25) is 0 Å². The predicted octanol–water partition coefficient (Wildman–Crippen LogP) is 1.89. The number of ether oxygens (including phenoxy) is 2. The number of methoxy groups -OCH3 is 1. The molecule has 27 heavy (non-hydrogen) atoms. The third kappa shape index (κ3) is 6.66. The summed E-state index contributed by atoms with van der Waals surface area (Å²) in [7, 11) is 1.64. The van der Waals surface area contributed by atoms with Crippen molar-refractivity contribution in [2.45, 2.75) is 33.2 Å². The molecule has 150 valence electrons. The Kier molecular flexibility index (Phi) is 8.23. The van der Waals surface area contributed by atoms with E-state index < -0.39 is 0 Å². The van der Waals surface area contributed by atoms with Gasteiger partial charge in [0.2, 0.25) is 5.91 Å². The van der Waals surface area contributed by atoms with Gasteiger partial charge in [0, 0.05) is 31.6 Å². The third-order valence-electron chi connectivity index (χ3n) is 4.37. The summed E-state index contributed by atoms with van der Waals surface area (Å²) in [5.74, 6) is 2.62. The summed E-state index contributed by atoms with van der Waals surface area (Å²) in [6.45, 7) is 9.27. The summed E-state index contributed by atoms with van der Waals surface area (Å²) >= 11 is 0. The third-order valence-corrected chi connectivity index (χ3v) is 4.37. The molecule has 1 unspecified atom stereocenters. The van der Waals surface area contributed by atoms with Crippen LogP contribution in [0, 0.1) is 5.92 Å². The molecule has 0 spiro atoms. The minimum Gasteiger partial charge on any atom is -0.497 e. The van der Waals surface area contributed by atoms with Crippen LogP contribution < -0.4 is 20.1 Å². The monoisotopic (exact) mass is 376 g/mol.